The Bertz CT molecular complexity index is 394. The topological polar surface area (TPSA) is 46.6 Å². The Labute approximate surface area is 102 Å². The minimum absolute atomic E-state index is 0.109. The maximum Gasteiger partial charge on any atom is 0.417 e. The first-order valence-corrected chi connectivity index (χ1v) is 5.96. The molecule has 1 fully saturated rings. The molecule has 94 valence electrons. The van der Waals surface area contributed by atoms with Crippen molar-refractivity contribution in [1.82, 2.24) is 4.90 Å². The quantitative estimate of drug-likeness (QED) is 0.608. The Kier molecular flexibility index (Phi) is 2.56. The Balaban J connectivity index is 2.20. The van der Waals surface area contributed by atoms with Crippen LogP contribution in [0.2, 0.25) is 0 Å². The van der Waals surface area contributed by atoms with Crippen LogP contribution in [0.3, 0.4) is 0 Å². The Morgan fingerprint density at radius 1 is 1.53 bits per heavy atom. The first-order valence-electron chi connectivity index (χ1n) is 5.96. The summed E-state index contributed by atoms with van der Waals surface area (Å²) in [6.07, 6.45) is 4.80. The molecule has 2 amide bonds. The molecule has 1 aliphatic carbocycles. The summed E-state index contributed by atoms with van der Waals surface area (Å²) < 4.78 is 5.28. The first-order chi connectivity index (χ1) is 7.73. The molecule has 2 aliphatic rings. The molecule has 2 bridgehead atoms. The summed E-state index contributed by atoms with van der Waals surface area (Å²) in [4.78, 5) is 25.5. The van der Waals surface area contributed by atoms with Gasteiger partial charge in [0.2, 0.25) is 5.91 Å². The fraction of sp³-hybridized carbons (Fsp3) is 0.692. The zero-order chi connectivity index (χ0) is 12.8. The van der Waals surface area contributed by atoms with Crippen LogP contribution in [0.15, 0.2) is 12.2 Å². The molecule has 0 aromatic heterocycles. The van der Waals surface area contributed by atoms with Crippen LogP contribution >= 0.6 is 0 Å². The van der Waals surface area contributed by atoms with Crippen molar-refractivity contribution in [2.45, 2.75) is 52.2 Å². The number of likely N-dealkylation sites (tertiary alicyclic amines) is 1. The molecular formula is C13H19NO3. The van der Waals surface area contributed by atoms with Gasteiger partial charge in [-0.25, -0.2) is 9.69 Å². The lowest BCUT2D eigenvalue weighted by molar-refractivity contribution is -0.134. The van der Waals surface area contributed by atoms with Gasteiger partial charge in [0.05, 0.1) is 11.5 Å². The Hall–Kier alpha value is -1.32. The largest absolute Gasteiger partial charge is 0.443 e. The van der Waals surface area contributed by atoms with Gasteiger partial charge in [0.1, 0.15) is 5.60 Å². The van der Waals surface area contributed by atoms with E-state index in [2.05, 4.69) is 0 Å². The van der Waals surface area contributed by atoms with E-state index >= 15 is 0 Å². The van der Waals surface area contributed by atoms with Gasteiger partial charge in [-0.2, -0.15) is 0 Å². The van der Waals surface area contributed by atoms with Crippen LogP contribution in [0.5, 0.6) is 0 Å². The maximum absolute atomic E-state index is 12.2. The molecule has 1 unspecified atom stereocenters. The van der Waals surface area contributed by atoms with Crippen LogP contribution in [0.4, 0.5) is 4.79 Å². The van der Waals surface area contributed by atoms with Gasteiger partial charge in [0.15, 0.2) is 0 Å². The van der Waals surface area contributed by atoms with E-state index in [1.165, 1.54) is 4.90 Å². The van der Waals surface area contributed by atoms with E-state index in [1.807, 2.05) is 19.1 Å². The van der Waals surface area contributed by atoms with Gasteiger partial charge in [-0.3, -0.25) is 4.79 Å². The van der Waals surface area contributed by atoms with Crippen molar-refractivity contribution in [2.24, 2.45) is 5.41 Å². The van der Waals surface area contributed by atoms with Crippen molar-refractivity contribution in [2.75, 3.05) is 0 Å². The summed E-state index contributed by atoms with van der Waals surface area (Å²) in [5.41, 5.74) is -0.991. The standard InChI is InChI=1S/C13H19NO3/c1-12(2,3)17-11(16)14-9-6-5-7-13(4,8-9)10(14)15/h5-6,9H,7-8H2,1-4H3/t9?,13-/m1/s1. The minimum atomic E-state index is -0.571. The van der Waals surface area contributed by atoms with Gasteiger partial charge in [-0.1, -0.05) is 19.1 Å². The number of hydrogen-bond donors (Lipinski definition) is 0. The van der Waals surface area contributed by atoms with E-state index in [-0.39, 0.29) is 11.9 Å². The average molecular weight is 237 g/mol. The monoisotopic (exact) mass is 237 g/mol. The SMILES string of the molecule is CC(C)(C)OC(=O)N1C(=O)[C@]2(C)CC=CC1C2. The number of rotatable bonds is 0. The van der Waals surface area contributed by atoms with E-state index in [0.717, 1.165) is 0 Å². The molecule has 1 heterocycles. The third-order valence-electron chi connectivity index (χ3n) is 3.24. The van der Waals surface area contributed by atoms with Crippen molar-refractivity contribution in [3.05, 3.63) is 12.2 Å². The third-order valence-corrected chi connectivity index (χ3v) is 3.24. The minimum Gasteiger partial charge on any atom is -0.443 e. The van der Waals surface area contributed by atoms with Crippen molar-refractivity contribution >= 4 is 12.0 Å². The third kappa shape index (κ3) is 2.08. The molecule has 0 saturated carbocycles. The van der Waals surface area contributed by atoms with E-state index in [0.29, 0.717) is 12.8 Å². The van der Waals surface area contributed by atoms with Crippen molar-refractivity contribution < 1.29 is 14.3 Å². The summed E-state index contributed by atoms with van der Waals surface area (Å²) in [6, 6.07) is -0.129. The number of amides is 2. The molecule has 17 heavy (non-hydrogen) atoms. The molecule has 2 atom stereocenters. The number of carbonyl (C=O) groups excluding carboxylic acids is 2. The van der Waals surface area contributed by atoms with E-state index in [9.17, 15) is 9.59 Å². The molecule has 0 radical (unpaired) electrons. The van der Waals surface area contributed by atoms with Gasteiger partial charge in [-0.05, 0) is 33.6 Å². The van der Waals surface area contributed by atoms with Crippen LogP contribution in [-0.4, -0.2) is 28.5 Å². The van der Waals surface area contributed by atoms with Crippen molar-refractivity contribution in [3.8, 4) is 0 Å². The first kappa shape index (κ1) is 12.1. The highest BCUT2D eigenvalue weighted by Gasteiger charge is 2.52. The van der Waals surface area contributed by atoms with Gasteiger partial charge >= 0.3 is 6.09 Å². The molecular weight excluding hydrogens is 218 g/mol. The van der Waals surface area contributed by atoms with Gasteiger partial charge in [-0.15, -0.1) is 0 Å². The molecule has 4 heteroatoms. The van der Waals surface area contributed by atoms with Crippen LogP contribution in [-0.2, 0) is 9.53 Å². The van der Waals surface area contributed by atoms with Gasteiger partial charge in [0.25, 0.3) is 0 Å². The van der Waals surface area contributed by atoms with Crippen molar-refractivity contribution in [1.29, 1.82) is 0 Å². The van der Waals surface area contributed by atoms with Gasteiger partial charge < -0.3 is 4.74 Å². The average Bonchev–Trinajstić information content (AvgIpc) is 2.31. The van der Waals surface area contributed by atoms with Crippen LogP contribution in [0.25, 0.3) is 0 Å². The molecule has 0 aromatic carbocycles. The molecule has 0 aromatic rings. The lowest BCUT2D eigenvalue weighted by atomic mass is 9.81. The summed E-state index contributed by atoms with van der Waals surface area (Å²) in [7, 11) is 0. The highest BCUT2D eigenvalue weighted by Crippen LogP contribution is 2.43. The predicted octanol–water partition coefficient (Wildman–Crippen LogP) is 2.49. The van der Waals surface area contributed by atoms with Crippen LogP contribution in [0, 0.1) is 5.41 Å². The highest BCUT2D eigenvalue weighted by molar-refractivity contribution is 5.98. The van der Waals surface area contributed by atoms with Crippen LogP contribution < -0.4 is 0 Å². The number of allylic oxidation sites excluding steroid dienone is 1. The molecule has 1 aliphatic heterocycles. The number of ether oxygens (including phenoxy) is 1. The fourth-order valence-electron chi connectivity index (χ4n) is 2.42. The van der Waals surface area contributed by atoms with Crippen molar-refractivity contribution in [3.63, 3.8) is 0 Å². The number of fused-ring (bicyclic) bond motifs is 2. The second-order valence-corrected chi connectivity index (χ2v) is 6.12. The number of imide groups is 1. The zero-order valence-electron chi connectivity index (χ0n) is 10.8. The summed E-state index contributed by atoms with van der Waals surface area (Å²) in [5.74, 6) is -0.109. The number of hydrogen-bond acceptors (Lipinski definition) is 3. The molecule has 1 saturated heterocycles. The highest BCUT2D eigenvalue weighted by atomic mass is 16.6. The second kappa shape index (κ2) is 3.59. The summed E-state index contributed by atoms with van der Waals surface area (Å²) >= 11 is 0. The molecule has 0 N–H and O–H groups in total. The van der Waals surface area contributed by atoms with Crippen LogP contribution in [0.1, 0.15) is 40.5 Å². The molecule has 4 nitrogen and oxygen atoms in total. The summed E-state index contributed by atoms with van der Waals surface area (Å²) in [5, 5.41) is 0. The zero-order valence-corrected chi connectivity index (χ0v) is 10.8. The van der Waals surface area contributed by atoms with E-state index in [4.69, 9.17) is 4.74 Å². The number of nitrogens with zero attached hydrogens (tertiary/aromatic N) is 1. The molecule has 2 rings (SSSR count). The fourth-order valence-corrected chi connectivity index (χ4v) is 2.42. The lowest BCUT2D eigenvalue weighted by Crippen LogP contribution is -2.42. The predicted molar refractivity (Wildman–Crippen MR) is 63.3 cm³/mol. The second-order valence-electron chi connectivity index (χ2n) is 6.12. The maximum atomic E-state index is 12.2. The van der Waals surface area contributed by atoms with E-state index < -0.39 is 17.1 Å². The Morgan fingerprint density at radius 2 is 2.18 bits per heavy atom. The normalized spacial score (nSPS) is 31.9. The molecule has 0 spiro atoms. The van der Waals surface area contributed by atoms with Gasteiger partial charge in [0, 0.05) is 0 Å². The Morgan fingerprint density at radius 3 is 2.71 bits per heavy atom. The lowest BCUT2D eigenvalue weighted by Gasteiger charge is -2.26. The smallest absolute Gasteiger partial charge is 0.417 e. The van der Waals surface area contributed by atoms with E-state index in [1.54, 1.807) is 20.8 Å². The number of carbonyl (C=O) groups is 2. The summed E-state index contributed by atoms with van der Waals surface area (Å²) in [6.45, 7) is 7.32.